The molecule has 0 bridgehead atoms. The number of para-hydroxylation sites is 1. The van der Waals surface area contributed by atoms with Gasteiger partial charge in [0.1, 0.15) is 0 Å². The smallest absolute Gasteiger partial charge is 0.0775 e. The number of anilines is 3. The molecule has 3 heteroatoms. The summed E-state index contributed by atoms with van der Waals surface area (Å²) in [5.41, 5.74) is 8.64. The standard InChI is InChI=1S/C34H32ClNSi/c1-34(2)30-21-23(35)15-20-29(30)33-28-14-10-9-13-27(28)32(22-31(33)34)36(24-11-7-6-8-12-24)25-16-18-26(19-17-25)37(3,4)5/h6-22H,1-5H3. The fourth-order valence-corrected chi connectivity index (χ4v) is 7.17. The molecule has 0 aromatic heterocycles. The summed E-state index contributed by atoms with van der Waals surface area (Å²) in [6.07, 6.45) is 0. The van der Waals surface area contributed by atoms with Crippen molar-refractivity contribution in [2.75, 3.05) is 4.90 Å². The van der Waals surface area contributed by atoms with Crippen LogP contribution in [0.2, 0.25) is 24.7 Å². The minimum atomic E-state index is -1.40. The summed E-state index contributed by atoms with van der Waals surface area (Å²) in [6, 6.07) is 37.6. The Labute approximate surface area is 226 Å². The lowest BCUT2D eigenvalue weighted by Crippen LogP contribution is -2.37. The molecule has 0 heterocycles. The van der Waals surface area contributed by atoms with E-state index in [9.17, 15) is 0 Å². The number of benzene rings is 5. The molecule has 0 aliphatic heterocycles. The van der Waals surface area contributed by atoms with E-state index in [1.165, 1.54) is 49.6 Å². The van der Waals surface area contributed by atoms with E-state index in [-0.39, 0.29) is 5.41 Å². The van der Waals surface area contributed by atoms with Crippen LogP contribution in [0, 0.1) is 0 Å². The maximum absolute atomic E-state index is 6.49. The molecule has 0 N–H and O–H groups in total. The van der Waals surface area contributed by atoms with Gasteiger partial charge in [0.05, 0.1) is 13.8 Å². The van der Waals surface area contributed by atoms with Crippen molar-refractivity contribution < 1.29 is 0 Å². The van der Waals surface area contributed by atoms with Crippen molar-refractivity contribution in [3.8, 4) is 11.1 Å². The first-order valence-electron chi connectivity index (χ1n) is 13.0. The predicted octanol–water partition coefficient (Wildman–Crippen LogP) is 9.81. The molecule has 0 atom stereocenters. The van der Waals surface area contributed by atoms with E-state index in [1.54, 1.807) is 0 Å². The maximum Gasteiger partial charge on any atom is 0.0775 e. The third kappa shape index (κ3) is 3.91. The lowest BCUT2D eigenvalue weighted by atomic mass is 9.81. The Morgan fingerprint density at radius 3 is 1.95 bits per heavy atom. The van der Waals surface area contributed by atoms with E-state index in [4.69, 9.17) is 11.6 Å². The highest BCUT2D eigenvalue weighted by molar-refractivity contribution is 6.88. The molecular weight excluding hydrogens is 486 g/mol. The zero-order valence-corrected chi connectivity index (χ0v) is 23.9. The number of nitrogens with zero attached hydrogens (tertiary/aromatic N) is 1. The van der Waals surface area contributed by atoms with Gasteiger partial charge in [-0.25, -0.2) is 0 Å². The van der Waals surface area contributed by atoms with E-state index >= 15 is 0 Å². The summed E-state index contributed by atoms with van der Waals surface area (Å²) < 4.78 is 0. The van der Waals surface area contributed by atoms with Gasteiger partial charge in [-0.3, -0.25) is 0 Å². The lowest BCUT2D eigenvalue weighted by molar-refractivity contribution is 0.661. The summed E-state index contributed by atoms with van der Waals surface area (Å²) >= 11 is 6.49. The second-order valence-corrected chi connectivity index (χ2v) is 17.2. The average molecular weight is 518 g/mol. The van der Waals surface area contributed by atoms with Crippen LogP contribution >= 0.6 is 11.6 Å². The molecule has 5 aromatic carbocycles. The van der Waals surface area contributed by atoms with Crippen molar-refractivity contribution in [2.24, 2.45) is 0 Å². The highest BCUT2D eigenvalue weighted by Crippen LogP contribution is 2.54. The first-order chi connectivity index (χ1) is 17.7. The van der Waals surface area contributed by atoms with E-state index in [2.05, 4.69) is 135 Å². The van der Waals surface area contributed by atoms with E-state index < -0.39 is 8.07 Å². The Morgan fingerprint density at radius 1 is 0.649 bits per heavy atom. The SMILES string of the molecule is CC1(C)c2cc(Cl)ccc2-c2c1cc(N(c1ccccc1)c1ccc([Si](C)(C)C)cc1)c1ccccc21. The second-order valence-electron chi connectivity index (χ2n) is 11.6. The van der Waals surface area contributed by atoms with Gasteiger partial charge in [-0.15, -0.1) is 0 Å². The largest absolute Gasteiger partial charge is 0.310 e. The molecule has 0 radical (unpaired) electrons. The molecule has 0 amide bonds. The van der Waals surface area contributed by atoms with Gasteiger partial charge >= 0.3 is 0 Å². The van der Waals surface area contributed by atoms with Crippen molar-refractivity contribution in [2.45, 2.75) is 38.9 Å². The fourth-order valence-electron chi connectivity index (χ4n) is 5.84. The van der Waals surface area contributed by atoms with Gasteiger partial charge in [0, 0.05) is 27.2 Å². The molecule has 1 aliphatic carbocycles. The van der Waals surface area contributed by atoms with Gasteiger partial charge in [-0.2, -0.15) is 0 Å². The van der Waals surface area contributed by atoms with E-state index in [0.717, 1.165) is 10.7 Å². The Morgan fingerprint density at radius 2 is 1.27 bits per heavy atom. The average Bonchev–Trinajstić information content (AvgIpc) is 3.11. The van der Waals surface area contributed by atoms with Crippen molar-refractivity contribution in [1.82, 2.24) is 0 Å². The van der Waals surface area contributed by atoms with E-state index in [1.807, 2.05) is 6.07 Å². The zero-order chi connectivity index (χ0) is 25.9. The van der Waals surface area contributed by atoms with Crippen LogP contribution in [0.25, 0.3) is 21.9 Å². The van der Waals surface area contributed by atoms with Gasteiger partial charge in [0.25, 0.3) is 0 Å². The molecule has 37 heavy (non-hydrogen) atoms. The summed E-state index contributed by atoms with van der Waals surface area (Å²) in [5, 5.41) is 4.79. The van der Waals surface area contributed by atoms with Crippen molar-refractivity contribution in [3.05, 3.63) is 119 Å². The molecule has 0 unspecified atom stereocenters. The van der Waals surface area contributed by atoms with Crippen LogP contribution in [0.5, 0.6) is 0 Å². The second kappa shape index (κ2) is 8.61. The summed E-state index contributed by atoms with van der Waals surface area (Å²) in [5.74, 6) is 0. The van der Waals surface area contributed by atoms with Crippen LogP contribution in [0.1, 0.15) is 25.0 Å². The molecular formula is C34H32ClNSi. The number of fused-ring (bicyclic) bond motifs is 5. The quantitative estimate of drug-likeness (QED) is 0.214. The molecule has 5 aromatic rings. The highest BCUT2D eigenvalue weighted by atomic mass is 35.5. The van der Waals surface area contributed by atoms with Crippen molar-refractivity contribution >= 4 is 52.7 Å². The van der Waals surface area contributed by atoms with Gasteiger partial charge in [0.15, 0.2) is 0 Å². The Bertz CT molecular complexity index is 1630. The van der Waals surface area contributed by atoms with Crippen LogP contribution in [0.4, 0.5) is 17.1 Å². The first kappa shape index (κ1) is 24.0. The van der Waals surface area contributed by atoms with Gasteiger partial charge in [-0.1, -0.05) is 111 Å². The summed E-state index contributed by atoms with van der Waals surface area (Å²) in [4.78, 5) is 2.42. The molecule has 184 valence electrons. The Balaban J connectivity index is 1.65. The van der Waals surface area contributed by atoms with Crippen LogP contribution in [0.15, 0.2) is 103 Å². The Hall–Kier alpha value is -3.33. The van der Waals surface area contributed by atoms with Gasteiger partial charge in [0.2, 0.25) is 0 Å². The number of hydrogen-bond donors (Lipinski definition) is 0. The fraction of sp³-hybridized carbons (Fsp3) is 0.176. The molecule has 0 fully saturated rings. The minimum Gasteiger partial charge on any atom is -0.310 e. The molecule has 0 saturated heterocycles. The van der Waals surface area contributed by atoms with Crippen LogP contribution in [-0.2, 0) is 5.41 Å². The number of hydrogen-bond acceptors (Lipinski definition) is 1. The minimum absolute atomic E-state index is 0.154. The van der Waals surface area contributed by atoms with Crippen molar-refractivity contribution in [1.29, 1.82) is 0 Å². The van der Waals surface area contributed by atoms with Crippen LogP contribution in [-0.4, -0.2) is 8.07 Å². The topological polar surface area (TPSA) is 3.24 Å². The number of halogens is 1. The third-order valence-corrected chi connectivity index (χ3v) is 10.2. The third-order valence-electron chi connectivity index (χ3n) is 7.87. The molecule has 0 spiro atoms. The molecule has 1 aliphatic rings. The molecule has 1 nitrogen and oxygen atoms in total. The number of rotatable bonds is 4. The zero-order valence-electron chi connectivity index (χ0n) is 22.1. The van der Waals surface area contributed by atoms with Gasteiger partial charge < -0.3 is 4.90 Å². The molecule has 6 rings (SSSR count). The maximum atomic E-state index is 6.49. The van der Waals surface area contributed by atoms with Crippen LogP contribution in [0.3, 0.4) is 0 Å². The van der Waals surface area contributed by atoms with Crippen molar-refractivity contribution in [3.63, 3.8) is 0 Å². The molecule has 0 saturated carbocycles. The predicted molar refractivity (Wildman–Crippen MR) is 164 cm³/mol. The summed E-state index contributed by atoms with van der Waals surface area (Å²) in [7, 11) is -1.40. The first-order valence-corrected chi connectivity index (χ1v) is 16.9. The summed E-state index contributed by atoms with van der Waals surface area (Å²) in [6.45, 7) is 11.8. The van der Waals surface area contributed by atoms with Gasteiger partial charge in [-0.05, 0) is 70.1 Å². The normalized spacial score (nSPS) is 13.9. The monoisotopic (exact) mass is 517 g/mol. The van der Waals surface area contributed by atoms with Crippen LogP contribution < -0.4 is 10.1 Å². The lowest BCUT2D eigenvalue weighted by Gasteiger charge is -2.30. The highest BCUT2D eigenvalue weighted by Gasteiger charge is 2.38. The van der Waals surface area contributed by atoms with E-state index in [0.29, 0.717) is 0 Å². The Kier molecular flexibility index (Phi) is 5.59.